The zero-order valence-electron chi connectivity index (χ0n) is 10.8. The Balaban J connectivity index is 0. The van der Waals surface area contributed by atoms with Gasteiger partial charge < -0.3 is 10.5 Å². The number of ether oxygens (including phenoxy) is 1. The van der Waals surface area contributed by atoms with E-state index >= 15 is 0 Å². The molecule has 0 aliphatic carbocycles. The first-order valence-electron chi connectivity index (χ1n) is 5.58. The molecule has 0 aromatic carbocycles. The summed E-state index contributed by atoms with van der Waals surface area (Å²) >= 11 is 0. The molecule has 1 saturated heterocycles. The van der Waals surface area contributed by atoms with Crippen molar-refractivity contribution in [2.75, 3.05) is 26.3 Å². The van der Waals surface area contributed by atoms with Crippen molar-refractivity contribution in [3.63, 3.8) is 0 Å². The molecule has 1 fully saturated rings. The summed E-state index contributed by atoms with van der Waals surface area (Å²) in [5, 5.41) is 1.84. The first-order chi connectivity index (χ1) is 8.29. The van der Waals surface area contributed by atoms with Gasteiger partial charge in [-0.25, -0.2) is 5.01 Å². The molecule has 6 nitrogen and oxygen atoms in total. The minimum Gasteiger partial charge on any atom is -0.379 e. The highest BCUT2D eigenvalue weighted by molar-refractivity contribution is 5.92. The van der Waals surface area contributed by atoms with Gasteiger partial charge in [-0.2, -0.15) is 0 Å². The van der Waals surface area contributed by atoms with Gasteiger partial charge in [0.2, 0.25) is 0 Å². The molecule has 2 rings (SSSR count). The minimum atomic E-state index is -0.206. The third-order valence-electron chi connectivity index (χ3n) is 2.56. The molecule has 1 aliphatic heterocycles. The fraction of sp³-hybridized carbons (Fsp3) is 0.455. The van der Waals surface area contributed by atoms with E-state index in [0.717, 1.165) is 5.56 Å². The quantitative estimate of drug-likeness (QED) is 0.846. The van der Waals surface area contributed by atoms with E-state index in [1.807, 2.05) is 5.01 Å². The molecule has 0 unspecified atom stereocenters. The molecule has 0 atom stereocenters. The van der Waals surface area contributed by atoms with Crippen LogP contribution in [0.15, 0.2) is 18.3 Å². The maximum Gasteiger partial charge on any atom is 0.284 e. The Kier molecular flexibility index (Phi) is 12.0. The number of carbonyl (C=O) groups is 1. The predicted molar refractivity (Wildman–Crippen MR) is 83.7 cm³/mol. The van der Waals surface area contributed by atoms with Gasteiger partial charge in [-0.3, -0.25) is 15.2 Å². The number of hydrazine groups is 1. The van der Waals surface area contributed by atoms with E-state index in [-0.39, 0.29) is 43.1 Å². The van der Waals surface area contributed by atoms with Crippen molar-refractivity contribution in [3.8, 4) is 0 Å². The van der Waals surface area contributed by atoms with Gasteiger partial charge in [0, 0.05) is 25.8 Å². The summed E-state index contributed by atoms with van der Waals surface area (Å²) in [4.78, 5) is 15.9. The van der Waals surface area contributed by atoms with E-state index in [0.29, 0.717) is 38.5 Å². The number of nitrogens with zero attached hydrogens (tertiary/aromatic N) is 2. The number of hydrogen-bond acceptors (Lipinski definition) is 5. The van der Waals surface area contributed by atoms with Crippen molar-refractivity contribution >= 4 is 43.1 Å². The van der Waals surface area contributed by atoms with Gasteiger partial charge in [0.1, 0.15) is 5.69 Å². The fourth-order valence-corrected chi connectivity index (χ4v) is 1.60. The Labute approximate surface area is 136 Å². The van der Waals surface area contributed by atoms with Crippen LogP contribution in [-0.2, 0) is 11.3 Å². The molecule has 2 heterocycles. The summed E-state index contributed by atoms with van der Waals surface area (Å²) in [5.74, 6) is -0.206. The van der Waals surface area contributed by atoms with Crippen LogP contribution in [0.5, 0.6) is 0 Å². The number of morpholine rings is 1. The first kappa shape index (κ1) is 21.7. The lowest BCUT2D eigenvalue weighted by Gasteiger charge is -2.26. The van der Waals surface area contributed by atoms with Gasteiger partial charge in [0.05, 0.1) is 13.2 Å². The van der Waals surface area contributed by atoms with Crippen LogP contribution in [-0.4, -0.2) is 42.2 Å². The maximum atomic E-state index is 11.9. The number of amides is 1. The van der Waals surface area contributed by atoms with E-state index in [2.05, 4.69) is 10.4 Å². The lowest BCUT2D eigenvalue weighted by atomic mass is 10.2. The van der Waals surface area contributed by atoms with E-state index in [9.17, 15) is 4.79 Å². The third-order valence-corrected chi connectivity index (χ3v) is 2.56. The fourth-order valence-electron chi connectivity index (χ4n) is 1.60. The van der Waals surface area contributed by atoms with Gasteiger partial charge in [0.25, 0.3) is 5.91 Å². The van der Waals surface area contributed by atoms with Crippen molar-refractivity contribution in [1.29, 1.82) is 0 Å². The third kappa shape index (κ3) is 6.21. The number of hydrogen-bond donors (Lipinski definition) is 2. The average molecular weight is 346 g/mol. The summed E-state index contributed by atoms with van der Waals surface area (Å²) in [7, 11) is 0. The summed E-state index contributed by atoms with van der Waals surface area (Å²) in [6.45, 7) is 3.07. The molecular formula is C11H19Cl3N4O2. The first-order valence-corrected chi connectivity index (χ1v) is 5.58. The summed E-state index contributed by atoms with van der Waals surface area (Å²) in [6.07, 6.45) is 1.59. The van der Waals surface area contributed by atoms with Crippen LogP contribution < -0.4 is 11.2 Å². The number of rotatable bonds is 3. The zero-order chi connectivity index (χ0) is 12.1. The monoisotopic (exact) mass is 344 g/mol. The molecule has 116 valence electrons. The highest BCUT2D eigenvalue weighted by Gasteiger charge is 2.15. The largest absolute Gasteiger partial charge is 0.379 e. The van der Waals surface area contributed by atoms with Gasteiger partial charge in [-0.05, 0) is 17.7 Å². The number of halogens is 3. The highest BCUT2D eigenvalue weighted by Crippen LogP contribution is 2.02. The van der Waals surface area contributed by atoms with Crippen LogP contribution in [0.1, 0.15) is 16.1 Å². The Morgan fingerprint density at radius 3 is 2.60 bits per heavy atom. The Bertz CT molecular complexity index is 403. The van der Waals surface area contributed by atoms with E-state index in [1.54, 1.807) is 18.3 Å². The molecule has 0 radical (unpaired) electrons. The van der Waals surface area contributed by atoms with Gasteiger partial charge in [-0.1, -0.05) is 0 Å². The molecule has 0 saturated carbocycles. The van der Waals surface area contributed by atoms with Crippen molar-refractivity contribution in [1.82, 2.24) is 15.4 Å². The van der Waals surface area contributed by atoms with Crippen LogP contribution in [0.3, 0.4) is 0 Å². The number of pyridine rings is 1. The molecule has 20 heavy (non-hydrogen) atoms. The van der Waals surface area contributed by atoms with E-state index in [4.69, 9.17) is 10.5 Å². The second-order valence-corrected chi connectivity index (χ2v) is 3.79. The molecule has 0 spiro atoms. The van der Waals surface area contributed by atoms with Crippen molar-refractivity contribution in [3.05, 3.63) is 29.6 Å². The van der Waals surface area contributed by atoms with Crippen molar-refractivity contribution < 1.29 is 9.53 Å². The summed E-state index contributed by atoms with van der Waals surface area (Å²) in [5.41, 5.74) is 9.60. The number of aromatic nitrogens is 1. The molecular weight excluding hydrogens is 327 g/mol. The molecule has 3 N–H and O–H groups in total. The van der Waals surface area contributed by atoms with Crippen LogP contribution >= 0.6 is 37.2 Å². The predicted octanol–water partition coefficient (Wildman–Crippen LogP) is 0.783. The summed E-state index contributed by atoms with van der Waals surface area (Å²) in [6, 6.07) is 3.50. The smallest absolute Gasteiger partial charge is 0.284 e. The second-order valence-electron chi connectivity index (χ2n) is 3.79. The number of carbonyl (C=O) groups excluding carboxylic acids is 1. The topological polar surface area (TPSA) is 80.5 Å². The molecule has 1 aliphatic rings. The Hall–Kier alpha value is -0.630. The molecule has 1 aromatic rings. The molecule has 1 amide bonds. The van der Waals surface area contributed by atoms with Crippen LogP contribution in [0.4, 0.5) is 0 Å². The van der Waals surface area contributed by atoms with Crippen LogP contribution in [0.25, 0.3) is 0 Å². The highest BCUT2D eigenvalue weighted by atomic mass is 35.5. The van der Waals surface area contributed by atoms with Crippen LogP contribution in [0, 0.1) is 0 Å². The SMILES string of the molecule is Cl.Cl.Cl.NCc1ccnc(C(=O)NN2CCOCC2)c1. The Morgan fingerprint density at radius 2 is 2.00 bits per heavy atom. The molecule has 9 heteroatoms. The standard InChI is InChI=1S/C11H16N4O2.3ClH/c12-8-9-1-2-13-10(7-9)11(16)14-15-3-5-17-6-4-15;;;/h1-2,7H,3-6,8,12H2,(H,14,16);3*1H. The maximum absolute atomic E-state index is 11.9. The van der Waals surface area contributed by atoms with Gasteiger partial charge in [0.15, 0.2) is 0 Å². The molecule has 1 aromatic heterocycles. The van der Waals surface area contributed by atoms with Crippen LogP contribution in [0.2, 0.25) is 0 Å². The summed E-state index contributed by atoms with van der Waals surface area (Å²) < 4.78 is 5.20. The zero-order valence-corrected chi connectivity index (χ0v) is 13.2. The van der Waals surface area contributed by atoms with E-state index in [1.165, 1.54) is 0 Å². The number of nitrogens with one attached hydrogen (secondary N) is 1. The Morgan fingerprint density at radius 1 is 1.35 bits per heavy atom. The second kappa shape index (κ2) is 11.1. The van der Waals surface area contributed by atoms with E-state index < -0.39 is 0 Å². The van der Waals surface area contributed by atoms with Gasteiger partial charge >= 0.3 is 0 Å². The minimum absolute atomic E-state index is 0. The van der Waals surface area contributed by atoms with Crippen molar-refractivity contribution in [2.24, 2.45) is 5.73 Å². The van der Waals surface area contributed by atoms with Gasteiger partial charge in [-0.15, -0.1) is 37.2 Å². The average Bonchev–Trinajstić information content (AvgIpc) is 2.40. The lowest BCUT2D eigenvalue weighted by molar-refractivity contribution is 0.0124. The van der Waals surface area contributed by atoms with Crippen molar-refractivity contribution in [2.45, 2.75) is 6.54 Å². The normalized spacial score (nSPS) is 14.2. The number of nitrogens with two attached hydrogens (primary N) is 1. The lowest BCUT2D eigenvalue weighted by Crippen LogP contribution is -2.48. The molecule has 0 bridgehead atoms.